The number of aliphatic hydroxyl groups is 1. The second-order valence-corrected chi connectivity index (χ2v) is 6.12. The van der Waals surface area contributed by atoms with Gasteiger partial charge in [-0.15, -0.1) is 0 Å². The molecule has 1 aliphatic rings. The molecule has 0 radical (unpaired) electrons. The molecule has 0 heterocycles. The number of nitrogens with zero attached hydrogens (tertiary/aromatic N) is 1. The van der Waals surface area contributed by atoms with E-state index < -0.39 is 0 Å². The van der Waals surface area contributed by atoms with Gasteiger partial charge in [0.25, 0.3) is 0 Å². The third kappa shape index (κ3) is 3.66. The number of benzene rings is 1. The summed E-state index contributed by atoms with van der Waals surface area (Å²) in [4.78, 5) is 2.27. The summed E-state index contributed by atoms with van der Waals surface area (Å²) >= 11 is 6.44. The molecule has 1 aromatic carbocycles. The molecule has 1 aliphatic carbocycles. The molecule has 0 amide bonds. The Hall–Kier alpha value is -0.770. The van der Waals surface area contributed by atoms with Crippen molar-refractivity contribution in [2.24, 2.45) is 5.73 Å². The van der Waals surface area contributed by atoms with Gasteiger partial charge in [0.2, 0.25) is 0 Å². The smallest absolute Gasteiger partial charge is 0.0643 e. The average molecular weight is 297 g/mol. The lowest BCUT2D eigenvalue weighted by atomic mass is 9.93. The molecule has 3 N–H and O–H groups in total. The van der Waals surface area contributed by atoms with Crippen molar-refractivity contribution in [1.82, 2.24) is 0 Å². The fraction of sp³-hybridized carbons (Fsp3) is 0.625. The Balaban J connectivity index is 2.24. The predicted octanol–water partition coefficient (Wildman–Crippen LogP) is 3.49. The molecule has 112 valence electrons. The highest BCUT2D eigenvalue weighted by Crippen LogP contribution is 2.33. The van der Waals surface area contributed by atoms with Crippen LogP contribution in [0.1, 0.15) is 50.6 Å². The van der Waals surface area contributed by atoms with Crippen molar-refractivity contribution in [3.8, 4) is 0 Å². The Morgan fingerprint density at radius 2 is 2.05 bits per heavy atom. The van der Waals surface area contributed by atoms with E-state index in [1.807, 2.05) is 25.1 Å². The van der Waals surface area contributed by atoms with E-state index in [0.717, 1.165) is 16.3 Å². The van der Waals surface area contributed by atoms with Crippen LogP contribution in [0.3, 0.4) is 0 Å². The number of halogens is 1. The van der Waals surface area contributed by atoms with Crippen molar-refractivity contribution in [1.29, 1.82) is 0 Å². The second-order valence-electron chi connectivity index (χ2n) is 5.71. The van der Waals surface area contributed by atoms with E-state index in [9.17, 15) is 5.11 Å². The first-order chi connectivity index (χ1) is 9.63. The molecular weight excluding hydrogens is 272 g/mol. The van der Waals surface area contributed by atoms with Crippen LogP contribution in [0, 0.1) is 0 Å². The van der Waals surface area contributed by atoms with Crippen LogP contribution in [0.4, 0.5) is 5.69 Å². The maximum atomic E-state index is 9.36. The Bertz CT molecular complexity index is 430. The minimum atomic E-state index is -0.0116. The van der Waals surface area contributed by atoms with Gasteiger partial charge >= 0.3 is 0 Å². The van der Waals surface area contributed by atoms with Crippen LogP contribution in [-0.4, -0.2) is 24.3 Å². The Kier molecular flexibility index (Phi) is 5.70. The van der Waals surface area contributed by atoms with Crippen LogP contribution in [0.5, 0.6) is 0 Å². The van der Waals surface area contributed by atoms with Crippen molar-refractivity contribution < 1.29 is 5.11 Å². The van der Waals surface area contributed by atoms with Crippen LogP contribution in [0.25, 0.3) is 0 Å². The summed E-state index contributed by atoms with van der Waals surface area (Å²) in [6.07, 6.45) is 6.22. The predicted molar refractivity (Wildman–Crippen MR) is 85.4 cm³/mol. The molecule has 1 fully saturated rings. The van der Waals surface area contributed by atoms with E-state index in [-0.39, 0.29) is 12.6 Å². The molecule has 4 heteroatoms. The van der Waals surface area contributed by atoms with Crippen LogP contribution in [0.15, 0.2) is 18.2 Å². The molecule has 1 atom stereocenters. The highest BCUT2D eigenvalue weighted by Gasteiger charge is 2.22. The Labute approximate surface area is 126 Å². The van der Waals surface area contributed by atoms with Crippen molar-refractivity contribution >= 4 is 17.3 Å². The Morgan fingerprint density at radius 1 is 1.35 bits per heavy atom. The van der Waals surface area contributed by atoms with Gasteiger partial charge in [0, 0.05) is 18.6 Å². The van der Waals surface area contributed by atoms with Gasteiger partial charge in [-0.05, 0) is 37.5 Å². The summed E-state index contributed by atoms with van der Waals surface area (Å²) in [7, 11) is 0. The van der Waals surface area contributed by atoms with Crippen molar-refractivity contribution in [3.63, 3.8) is 0 Å². The molecular formula is C16H25ClN2O. The number of hydrogen-bond donors (Lipinski definition) is 2. The zero-order chi connectivity index (χ0) is 14.5. The lowest BCUT2D eigenvalue weighted by Crippen LogP contribution is -2.39. The van der Waals surface area contributed by atoms with E-state index in [0.29, 0.717) is 12.6 Å². The van der Waals surface area contributed by atoms with Gasteiger partial charge in [-0.2, -0.15) is 0 Å². The van der Waals surface area contributed by atoms with E-state index in [2.05, 4.69) is 4.90 Å². The maximum Gasteiger partial charge on any atom is 0.0643 e. The fourth-order valence-corrected chi connectivity index (χ4v) is 3.34. The van der Waals surface area contributed by atoms with Gasteiger partial charge in [-0.3, -0.25) is 0 Å². The summed E-state index contributed by atoms with van der Waals surface area (Å²) in [6, 6.07) is 6.52. The molecule has 2 rings (SSSR count). The highest BCUT2D eigenvalue weighted by atomic mass is 35.5. The topological polar surface area (TPSA) is 49.5 Å². The van der Waals surface area contributed by atoms with Gasteiger partial charge in [0.05, 0.1) is 17.3 Å². The van der Waals surface area contributed by atoms with Crippen molar-refractivity contribution in [2.45, 2.75) is 51.1 Å². The SMILES string of the molecule is C[C@@H](N)c1ccc(N(CCO)C2CCCCC2)c(Cl)c1. The second kappa shape index (κ2) is 7.30. The molecule has 0 aromatic heterocycles. The van der Waals surface area contributed by atoms with Crippen LogP contribution < -0.4 is 10.6 Å². The van der Waals surface area contributed by atoms with Crippen LogP contribution >= 0.6 is 11.6 Å². The number of hydrogen-bond acceptors (Lipinski definition) is 3. The summed E-state index contributed by atoms with van der Waals surface area (Å²) in [5.41, 5.74) is 7.97. The minimum Gasteiger partial charge on any atom is -0.395 e. The summed E-state index contributed by atoms with van der Waals surface area (Å²) < 4.78 is 0. The first-order valence-electron chi connectivity index (χ1n) is 7.56. The number of rotatable bonds is 5. The Morgan fingerprint density at radius 3 is 2.60 bits per heavy atom. The lowest BCUT2D eigenvalue weighted by Gasteiger charge is -2.36. The molecule has 1 aromatic rings. The van der Waals surface area contributed by atoms with Crippen LogP contribution in [0.2, 0.25) is 5.02 Å². The molecule has 0 bridgehead atoms. The van der Waals surface area contributed by atoms with E-state index >= 15 is 0 Å². The molecule has 20 heavy (non-hydrogen) atoms. The largest absolute Gasteiger partial charge is 0.395 e. The third-order valence-corrected chi connectivity index (χ3v) is 4.47. The monoisotopic (exact) mass is 296 g/mol. The van der Waals surface area contributed by atoms with E-state index in [4.69, 9.17) is 17.3 Å². The normalized spacial score (nSPS) is 18.0. The van der Waals surface area contributed by atoms with Gasteiger partial charge in [-0.25, -0.2) is 0 Å². The third-order valence-electron chi connectivity index (χ3n) is 4.16. The van der Waals surface area contributed by atoms with Crippen molar-refractivity contribution in [2.75, 3.05) is 18.1 Å². The van der Waals surface area contributed by atoms with Gasteiger partial charge in [0.15, 0.2) is 0 Å². The van der Waals surface area contributed by atoms with E-state index in [1.165, 1.54) is 32.1 Å². The maximum absolute atomic E-state index is 9.36. The molecule has 0 unspecified atom stereocenters. The van der Waals surface area contributed by atoms with Gasteiger partial charge in [-0.1, -0.05) is 36.9 Å². The van der Waals surface area contributed by atoms with Crippen LogP contribution in [-0.2, 0) is 0 Å². The molecule has 0 saturated heterocycles. The van der Waals surface area contributed by atoms with Gasteiger partial charge < -0.3 is 15.7 Å². The molecule has 0 spiro atoms. The number of aliphatic hydroxyl groups excluding tert-OH is 1. The summed E-state index contributed by atoms with van der Waals surface area (Å²) in [5.74, 6) is 0. The molecule has 1 saturated carbocycles. The molecule has 0 aliphatic heterocycles. The zero-order valence-corrected chi connectivity index (χ0v) is 12.9. The lowest BCUT2D eigenvalue weighted by molar-refractivity contribution is 0.290. The summed E-state index contributed by atoms with van der Waals surface area (Å²) in [6.45, 7) is 2.75. The summed E-state index contributed by atoms with van der Waals surface area (Å²) in [5, 5.41) is 10.1. The number of nitrogens with two attached hydrogens (primary N) is 1. The average Bonchev–Trinajstić information content (AvgIpc) is 2.46. The standard InChI is InChI=1S/C16H25ClN2O/c1-12(18)13-7-8-16(15(17)11-13)19(9-10-20)14-5-3-2-4-6-14/h7-8,11-12,14,20H,2-6,9-10,18H2,1H3/t12-/m1/s1. The first kappa shape index (κ1) is 15.6. The van der Waals surface area contributed by atoms with Gasteiger partial charge in [0.1, 0.15) is 0 Å². The quantitative estimate of drug-likeness (QED) is 0.874. The van der Waals surface area contributed by atoms with E-state index in [1.54, 1.807) is 0 Å². The highest BCUT2D eigenvalue weighted by molar-refractivity contribution is 6.33. The zero-order valence-electron chi connectivity index (χ0n) is 12.2. The minimum absolute atomic E-state index is 0.0116. The first-order valence-corrected chi connectivity index (χ1v) is 7.94. The number of anilines is 1. The van der Waals surface area contributed by atoms with Crippen molar-refractivity contribution in [3.05, 3.63) is 28.8 Å². The fourth-order valence-electron chi connectivity index (χ4n) is 3.04. The molecule has 3 nitrogen and oxygen atoms in total.